The SMILES string of the molecule is Cc1ccc2oc(-c3ccc(Cl)cc3)c(OC(=O)C=Cc3ccc(C(C)(C)C)cc3)c(=O)c2c1. The van der Waals surface area contributed by atoms with Crippen LogP contribution in [0.3, 0.4) is 0 Å². The number of fused-ring (bicyclic) bond motifs is 1. The third kappa shape index (κ3) is 5.13. The Morgan fingerprint density at radius 3 is 2.29 bits per heavy atom. The fourth-order valence-electron chi connectivity index (χ4n) is 3.57. The number of rotatable bonds is 4. The van der Waals surface area contributed by atoms with Crippen molar-refractivity contribution in [1.82, 2.24) is 0 Å². The number of hydrogen-bond donors (Lipinski definition) is 0. The summed E-state index contributed by atoms with van der Waals surface area (Å²) in [5, 5.41) is 0.892. The van der Waals surface area contributed by atoms with E-state index < -0.39 is 11.4 Å². The van der Waals surface area contributed by atoms with Gasteiger partial charge in [-0.3, -0.25) is 4.79 Å². The van der Waals surface area contributed by atoms with E-state index in [1.54, 1.807) is 42.5 Å². The molecule has 0 aliphatic carbocycles. The minimum Gasteiger partial charge on any atom is -0.452 e. The summed E-state index contributed by atoms with van der Waals surface area (Å²) in [6, 6.07) is 20.0. The molecule has 0 saturated carbocycles. The minimum absolute atomic E-state index is 0.0434. The number of hydrogen-bond acceptors (Lipinski definition) is 4. The Bertz CT molecular complexity index is 1440. The summed E-state index contributed by atoms with van der Waals surface area (Å²) >= 11 is 6.01. The van der Waals surface area contributed by atoms with E-state index in [2.05, 4.69) is 20.8 Å². The van der Waals surface area contributed by atoms with Gasteiger partial charge in [-0.05, 0) is 65.9 Å². The number of carbonyl (C=O) groups excluding carboxylic acids is 1. The number of benzene rings is 3. The predicted octanol–water partition coefficient (Wildman–Crippen LogP) is 7.34. The zero-order valence-corrected chi connectivity index (χ0v) is 20.3. The molecule has 172 valence electrons. The molecular weight excluding hydrogens is 448 g/mol. The zero-order valence-electron chi connectivity index (χ0n) is 19.5. The van der Waals surface area contributed by atoms with Gasteiger partial charge in [0.05, 0.1) is 5.39 Å². The van der Waals surface area contributed by atoms with Crippen molar-refractivity contribution in [1.29, 1.82) is 0 Å². The van der Waals surface area contributed by atoms with Crippen LogP contribution in [-0.2, 0) is 10.2 Å². The molecule has 0 saturated heterocycles. The Kier molecular flexibility index (Phi) is 6.45. The van der Waals surface area contributed by atoms with Gasteiger partial charge in [0.1, 0.15) is 5.58 Å². The molecule has 4 nitrogen and oxygen atoms in total. The predicted molar refractivity (Wildman–Crippen MR) is 137 cm³/mol. The fraction of sp³-hybridized carbons (Fsp3) is 0.172. The molecule has 0 N–H and O–H groups in total. The molecule has 0 fully saturated rings. The van der Waals surface area contributed by atoms with Gasteiger partial charge in [-0.2, -0.15) is 0 Å². The molecule has 0 aliphatic rings. The summed E-state index contributed by atoms with van der Waals surface area (Å²) in [6.45, 7) is 8.31. The third-order valence-electron chi connectivity index (χ3n) is 5.50. The number of aryl methyl sites for hydroxylation is 1. The Morgan fingerprint density at radius 2 is 1.65 bits per heavy atom. The highest BCUT2D eigenvalue weighted by molar-refractivity contribution is 6.30. The number of ether oxygens (including phenoxy) is 1. The van der Waals surface area contributed by atoms with Crippen LogP contribution in [0.4, 0.5) is 0 Å². The van der Waals surface area contributed by atoms with Crippen LogP contribution in [0.5, 0.6) is 5.75 Å². The lowest BCUT2D eigenvalue weighted by Crippen LogP contribution is -2.14. The van der Waals surface area contributed by atoms with E-state index in [1.165, 1.54) is 11.6 Å². The second-order valence-electron chi connectivity index (χ2n) is 9.22. The molecule has 5 heteroatoms. The third-order valence-corrected chi connectivity index (χ3v) is 5.75. The molecule has 0 bridgehead atoms. The fourth-order valence-corrected chi connectivity index (χ4v) is 3.70. The monoisotopic (exact) mass is 472 g/mol. The largest absolute Gasteiger partial charge is 0.452 e. The van der Waals surface area contributed by atoms with Gasteiger partial charge in [0.2, 0.25) is 11.2 Å². The zero-order chi connectivity index (χ0) is 24.5. The van der Waals surface area contributed by atoms with Crippen LogP contribution < -0.4 is 10.2 Å². The molecule has 4 aromatic rings. The van der Waals surface area contributed by atoms with Gasteiger partial charge in [-0.25, -0.2) is 4.79 Å². The Labute approximate surface area is 203 Å². The topological polar surface area (TPSA) is 56.5 Å². The first-order valence-electron chi connectivity index (χ1n) is 11.0. The lowest BCUT2D eigenvalue weighted by atomic mass is 9.87. The van der Waals surface area contributed by atoms with Crippen LogP contribution in [0.2, 0.25) is 5.02 Å². The standard InChI is InChI=1S/C29H25ClO4/c1-18-5-15-24-23(17-18)26(32)28(27(33-24)20-9-13-22(30)14-10-20)34-25(31)16-8-19-6-11-21(12-7-19)29(2,3)4/h5-17H,1-4H3. The van der Waals surface area contributed by atoms with Crippen molar-refractivity contribution in [2.45, 2.75) is 33.1 Å². The van der Waals surface area contributed by atoms with E-state index in [0.29, 0.717) is 21.6 Å². The van der Waals surface area contributed by atoms with Gasteiger partial charge in [0.25, 0.3) is 0 Å². The Balaban J connectivity index is 1.69. The number of halogens is 1. The Morgan fingerprint density at radius 1 is 0.971 bits per heavy atom. The maximum atomic E-state index is 13.3. The van der Waals surface area contributed by atoms with E-state index in [-0.39, 0.29) is 16.9 Å². The molecule has 34 heavy (non-hydrogen) atoms. The molecule has 0 atom stereocenters. The van der Waals surface area contributed by atoms with E-state index >= 15 is 0 Å². The smallest absolute Gasteiger partial charge is 0.336 e. The van der Waals surface area contributed by atoms with Gasteiger partial charge < -0.3 is 9.15 Å². The van der Waals surface area contributed by atoms with Crippen molar-refractivity contribution in [3.63, 3.8) is 0 Å². The van der Waals surface area contributed by atoms with Crippen molar-refractivity contribution in [2.24, 2.45) is 0 Å². The van der Waals surface area contributed by atoms with Gasteiger partial charge in [-0.1, -0.05) is 68.3 Å². The van der Waals surface area contributed by atoms with Crippen molar-refractivity contribution in [3.8, 4) is 17.1 Å². The molecule has 0 unspecified atom stereocenters. The summed E-state index contributed by atoms with van der Waals surface area (Å²) in [5.41, 5.74) is 3.57. The van der Waals surface area contributed by atoms with Crippen LogP contribution in [0.25, 0.3) is 28.4 Å². The molecule has 0 amide bonds. The van der Waals surface area contributed by atoms with E-state index in [1.807, 2.05) is 37.3 Å². The van der Waals surface area contributed by atoms with Gasteiger partial charge >= 0.3 is 5.97 Å². The van der Waals surface area contributed by atoms with Gasteiger partial charge in [0.15, 0.2) is 5.76 Å². The van der Waals surface area contributed by atoms with E-state index in [9.17, 15) is 9.59 Å². The average Bonchev–Trinajstić information content (AvgIpc) is 2.80. The van der Waals surface area contributed by atoms with Crippen LogP contribution in [0.1, 0.15) is 37.5 Å². The quantitative estimate of drug-likeness (QED) is 0.230. The molecule has 3 aromatic carbocycles. The highest BCUT2D eigenvalue weighted by atomic mass is 35.5. The first kappa shape index (κ1) is 23.5. The summed E-state index contributed by atoms with van der Waals surface area (Å²) in [4.78, 5) is 26.0. The normalized spacial score (nSPS) is 11.8. The molecule has 1 heterocycles. The summed E-state index contributed by atoms with van der Waals surface area (Å²) in [5.74, 6) is -0.651. The minimum atomic E-state index is -0.672. The van der Waals surface area contributed by atoms with E-state index in [4.69, 9.17) is 20.8 Å². The van der Waals surface area contributed by atoms with Gasteiger partial charge in [0, 0.05) is 16.7 Å². The van der Waals surface area contributed by atoms with Crippen molar-refractivity contribution in [2.75, 3.05) is 0 Å². The second kappa shape index (κ2) is 9.32. The van der Waals surface area contributed by atoms with Gasteiger partial charge in [-0.15, -0.1) is 0 Å². The highest BCUT2D eigenvalue weighted by Crippen LogP contribution is 2.32. The Hall–Kier alpha value is -3.63. The average molecular weight is 473 g/mol. The van der Waals surface area contributed by atoms with Crippen LogP contribution >= 0.6 is 11.6 Å². The summed E-state index contributed by atoms with van der Waals surface area (Å²) < 4.78 is 11.6. The lowest BCUT2D eigenvalue weighted by molar-refractivity contribution is -0.129. The maximum Gasteiger partial charge on any atom is 0.336 e. The molecular formula is C29H25ClO4. The summed E-state index contributed by atoms with van der Waals surface area (Å²) in [7, 11) is 0. The second-order valence-corrected chi connectivity index (χ2v) is 9.66. The number of carbonyl (C=O) groups is 1. The van der Waals surface area contributed by atoms with Crippen molar-refractivity contribution in [3.05, 3.63) is 105 Å². The lowest BCUT2D eigenvalue weighted by Gasteiger charge is -2.18. The first-order chi connectivity index (χ1) is 16.1. The molecule has 1 aromatic heterocycles. The molecule has 4 rings (SSSR count). The van der Waals surface area contributed by atoms with E-state index in [0.717, 1.165) is 11.1 Å². The molecule has 0 aliphatic heterocycles. The van der Waals surface area contributed by atoms with Crippen molar-refractivity contribution < 1.29 is 13.9 Å². The van der Waals surface area contributed by atoms with Crippen molar-refractivity contribution >= 4 is 34.6 Å². The molecule has 0 radical (unpaired) electrons. The highest BCUT2D eigenvalue weighted by Gasteiger charge is 2.20. The first-order valence-corrected chi connectivity index (χ1v) is 11.3. The molecule has 0 spiro atoms. The van der Waals surface area contributed by atoms with Crippen LogP contribution in [0.15, 0.2) is 82.0 Å². The van der Waals surface area contributed by atoms with Crippen LogP contribution in [0, 0.1) is 6.92 Å². The van der Waals surface area contributed by atoms with Crippen LogP contribution in [-0.4, -0.2) is 5.97 Å². The maximum absolute atomic E-state index is 13.3. The summed E-state index contributed by atoms with van der Waals surface area (Å²) in [6.07, 6.45) is 2.96. The number of esters is 1.